The summed E-state index contributed by atoms with van der Waals surface area (Å²) in [5, 5.41) is 7.63. The van der Waals surface area contributed by atoms with E-state index in [2.05, 4.69) is 181 Å². The minimum atomic E-state index is 1.12. The lowest BCUT2D eigenvalue weighted by molar-refractivity contribution is 1.29. The second kappa shape index (κ2) is 11.0. The molecule has 0 spiro atoms. The van der Waals surface area contributed by atoms with Crippen molar-refractivity contribution < 1.29 is 0 Å². The van der Waals surface area contributed by atoms with Crippen LogP contribution in [-0.2, 0) is 0 Å². The molecule has 46 heavy (non-hydrogen) atoms. The molecule has 0 bridgehead atoms. The molecule has 216 valence electrons. The van der Waals surface area contributed by atoms with Crippen molar-refractivity contribution in [2.24, 2.45) is 0 Å². The zero-order valence-electron chi connectivity index (χ0n) is 25.1. The number of anilines is 3. The van der Waals surface area contributed by atoms with Crippen LogP contribution < -0.4 is 4.90 Å². The van der Waals surface area contributed by atoms with Gasteiger partial charge in [-0.3, -0.25) is 0 Å². The number of fused-ring (bicyclic) bond motifs is 5. The van der Waals surface area contributed by atoms with Crippen LogP contribution >= 0.6 is 11.3 Å². The second-order valence-corrected chi connectivity index (χ2v) is 12.9. The molecule has 0 unspecified atom stereocenters. The average molecular weight is 604 g/mol. The highest BCUT2D eigenvalue weighted by Gasteiger charge is 2.15. The van der Waals surface area contributed by atoms with Crippen molar-refractivity contribution in [3.63, 3.8) is 0 Å². The van der Waals surface area contributed by atoms with E-state index in [4.69, 9.17) is 0 Å². The lowest BCUT2D eigenvalue weighted by atomic mass is 9.98. The van der Waals surface area contributed by atoms with Gasteiger partial charge in [-0.15, -0.1) is 11.3 Å². The number of benzene rings is 8. The Labute approximate surface area is 272 Å². The lowest BCUT2D eigenvalue weighted by Gasteiger charge is -2.26. The smallest absolute Gasteiger partial charge is 0.0468 e. The fourth-order valence-corrected chi connectivity index (χ4v) is 7.85. The third-order valence-corrected chi connectivity index (χ3v) is 10.2. The number of hydrogen-bond acceptors (Lipinski definition) is 2. The Morgan fingerprint density at radius 3 is 1.85 bits per heavy atom. The van der Waals surface area contributed by atoms with Crippen LogP contribution in [0.1, 0.15) is 0 Å². The quantitative estimate of drug-likeness (QED) is 0.189. The molecule has 8 aromatic carbocycles. The molecule has 9 aromatic rings. The first-order valence-corrected chi connectivity index (χ1v) is 16.5. The molecule has 0 saturated heterocycles. The standard InChI is InChI=1S/C44H29NS/c1-2-11-33-27-38(25-19-30(33)9-1)45(36-23-20-32(21-24-36)40-17-8-12-31-10-3-4-15-39(31)40)37-14-7-13-34(28-37)35-22-26-44-42(29-35)41-16-5-6-18-43(41)46-44/h1-29H. The minimum Gasteiger partial charge on any atom is -0.310 e. The maximum Gasteiger partial charge on any atom is 0.0468 e. The van der Waals surface area contributed by atoms with Crippen molar-refractivity contribution in [1.29, 1.82) is 0 Å². The molecule has 1 heterocycles. The van der Waals surface area contributed by atoms with Gasteiger partial charge in [0.2, 0.25) is 0 Å². The molecule has 1 nitrogen and oxygen atoms in total. The number of hydrogen-bond donors (Lipinski definition) is 0. The van der Waals surface area contributed by atoms with Gasteiger partial charge in [-0.25, -0.2) is 0 Å². The number of rotatable bonds is 5. The van der Waals surface area contributed by atoms with Crippen LogP contribution in [-0.4, -0.2) is 0 Å². The molecule has 1 aromatic heterocycles. The highest BCUT2D eigenvalue weighted by Crippen LogP contribution is 2.41. The van der Waals surface area contributed by atoms with Gasteiger partial charge in [0.05, 0.1) is 0 Å². The molecule has 0 amide bonds. The molecule has 2 heteroatoms. The van der Waals surface area contributed by atoms with Crippen molar-refractivity contribution in [2.45, 2.75) is 0 Å². The fourth-order valence-electron chi connectivity index (χ4n) is 6.76. The Hall–Kier alpha value is -5.70. The third kappa shape index (κ3) is 4.63. The number of thiophene rings is 1. The van der Waals surface area contributed by atoms with E-state index in [9.17, 15) is 0 Å². The first-order valence-electron chi connectivity index (χ1n) is 15.7. The summed E-state index contributed by atoms with van der Waals surface area (Å²) < 4.78 is 2.66. The maximum atomic E-state index is 2.38. The predicted octanol–water partition coefficient (Wildman–Crippen LogP) is 13.2. The fraction of sp³-hybridized carbons (Fsp3) is 0. The maximum absolute atomic E-state index is 2.38. The highest BCUT2D eigenvalue weighted by atomic mass is 32.1. The summed E-state index contributed by atoms with van der Waals surface area (Å²) in [6.07, 6.45) is 0. The van der Waals surface area contributed by atoms with Gasteiger partial charge in [-0.2, -0.15) is 0 Å². The summed E-state index contributed by atoms with van der Waals surface area (Å²) in [5.41, 5.74) is 8.27. The molecule has 0 aliphatic carbocycles. The van der Waals surface area contributed by atoms with Crippen LogP contribution in [0.3, 0.4) is 0 Å². The second-order valence-electron chi connectivity index (χ2n) is 11.8. The Bertz CT molecular complexity index is 2530. The van der Waals surface area contributed by atoms with Crippen molar-refractivity contribution in [3.8, 4) is 22.3 Å². The van der Waals surface area contributed by atoms with E-state index in [1.165, 1.54) is 64.0 Å². The van der Waals surface area contributed by atoms with E-state index in [1.807, 2.05) is 11.3 Å². The Morgan fingerprint density at radius 2 is 0.957 bits per heavy atom. The molecule has 0 atom stereocenters. The molecule has 0 fully saturated rings. The van der Waals surface area contributed by atoms with Crippen LogP contribution in [0.25, 0.3) is 64.0 Å². The average Bonchev–Trinajstić information content (AvgIpc) is 3.50. The highest BCUT2D eigenvalue weighted by molar-refractivity contribution is 7.25. The van der Waals surface area contributed by atoms with Crippen molar-refractivity contribution in [2.75, 3.05) is 4.90 Å². The molecular formula is C44H29NS. The van der Waals surface area contributed by atoms with Gasteiger partial charge in [0, 0.05) is 37.2 Å². The van der Waals surface area contributed by atoms with Crippen LogP contribution in [0.2, 0.25) is 0 Å². The lowest BCUT2D eigenvalue weighted by Crippen LogP contribution is -2.10. The van der Waals surface area contributed by atoms with Crippen LogP contribution in [0.15, 0.2) is 176 Å². The Morgan fingerprint density at radius 1 is 0.326 bits per heavy atom. The summed E-state index contributed by atoms with van der Waals surface area (Å²) in [6, 6.07) is 64.0. The molecule has 0 N–H and O–H groups in total. The van der Waals surface area contributed by atoms with Gasteiger partial charge in [0.25, 0.3) is 0 Å². The minimum absolute atomic E-state index is 1.12. The Balaban J connectivity index is 1.17. The van der Waals surface area contributed by atoms with Crippen LogP contribution in [0, 0.1) is 0 Å². The first-order chi connectivity index (χ1) is 22.8. The monoisotopic (exact) mass is 603 g/mol. The SMILES string of the molecule is c1cc(-c2ccc3sc4ccccc4c3c2)cc(N(c2ccc(-c3cccc4ccccc34)cc2)c2ccc3ccccc3c2)c1. The third-order valence-electron chi connectivity index (χ3n) is 9.03. The summed E-state index contributed by atoms with van der Waals surface area (Å²) in [5.74, 6) is 0. The number of nitrogens with zero attached hydrogens (tertiary/aromatic N) is 1. The summed E-state index contributed by atoms with van der Waals surface area (Å²) in [7, 11) is 0. The largest absolute Gasteiger partial charge is 0.310 e. The van der Waals surface area contributed by atoms with Crippen molar-refractivity contribution in [3.05, 3.63) is 176 Å². The first kappa shape index (κ1) is 26.7. The molecule has 0 saturated carbocycles. The van der Waals surface area contributed by atoms with Crippen molar-refractivity contribution >= 4 is 70.1 Å². The zero-order valence-corrected chi connectivity index (χ0v) is 25.9. The Kier molecular flexibility index (Phi) is 6.40. The van der Waals surface area contributed by atoms with Crippen molar-refractivity contribution in [1.82, 2.24) is 0 Å². The van der Waals surface area contributed by atoms with Gasteiger partial charge in [-0.05, 0) is 98.4 Å². The topological polar surface area (TPSA) is 3.24 Å². The normalized spacial score (nSPS) is 11.5. The van der Waals surface area contributed by atoms with Gasteiger partial charge >= 0.3 is 0 Å². The van der Waals surface area contributed by atoms with Crippen LogP contribution in [0.5, 0.6) is 0 Å². The van der Waals surface area contributed by atoms with Gasteiger partial charge in [-0.1, -0.05) is 121 Å². The van der Waals surface area contributed by atoms with E-state index in [0.717, 1.165) is 17.1 Å². The van der Waals surface area contributed by atoms with Gasteiger partial charge in [0.15, 0.2) is 0 Å². The van der Waals surface area contributed by atoms with E-state index >= 15 is 0 Å². The van der Waals surface area contributed by atoms with Gasteiger partial charge < -0.3 is 4.90 Å². The summed E-state index contributed by atoms with van der Waals surface area (Å²) >= 11 is 1.86. The summed E-state index contributed by atoms with van der Waals surface area (Å²) in [4.78, 5) is 2.38. The summed E-state index contributed by atoms with van der Waals surface area (Å²) in [6.45, 7) is 0. The van der Waals surface area contributed by atoms with E-state index < -0.39 is 0 Å². The van der Waals surface area contributed by atoms with E-state index in [-0.39, 0.29) is 0 Å². The van der Waals surface area contributed by atoms with Crippen LogP contribution in [0.4, 0.5) is 17.1 Å². The molecule has 0 aliphatic rings. The molecular weight excluding hydrogens is 575 g/mol. The molecule has 9 rings (SSSR count). The molecule has 0 radical (unpaired) electrons. The predicted molar refractivity (Wildman–Crippen MR) is 200 cm³/mol. The van der Waals surface area contributed by atoms with E-state index in [1.54, 1.807) is 0 Å². The molecule has 0 aliphatic heterocycles. The van der Waals surface area contributed by atoms with Gasteiger partial charge in [0.1, 0.15) is 0 Å². The zero-order chi connectivity index (χ0) is 30.5. The van der Waals surface area contributed by atoms with E-state index in [0.29, 0.717) is 0 Å².